The molecule has 1 aromatic heterocycles. The number of nitrogens with zero attached hydrogens (tertiary/aromatic N) is 3. The number of rotatable bonds is 2. The fourth-order valence-electron chi connectivity index (χ4n) is 1.72. The van der Waals surface area contributed by atoms with E-state index in [1.807, 2.05) is 0 Å². The normalized spacial score (nSPS) is 11.2. The highest BCUT2D eigenvalue weighted by atomic mass is 35.5. The Balaban J connectivity index is 2.75. The summed E-state index contributed by atoms with van der Waals surface area (Å²) in [7, 11) is 0. The van der Waals surface area contributed by atoms with Gasteiger partial charge in [0, 0.05) is 5.02 Å². The first-order chi connectivity index (χ1) is 9.75. The van der Waals surface area contributed by atoms with Crippen LogP contribution in [0.4, 0.5) is 13.2 Å². The molecule has 108 valence electrons. The Morgan fingerprint density at radius 3 is 2.62 bits per heavy atom. The molecule has 0 fully saturated rings. The number of benzene rings is 1. The molecule has 0 atom stereocenters. The molecule has 1 N–H and O–H groups in total. The average Bonchev–Trinajstić information content (AvgIpc) is 2.81. The lowest BCUT2D eigenvalue weighted by molar-refractivity contribution is -0.137. The average molecular weight is 316 g/mol. The SMILES string of the molecule is N#Cc1c(C(=O)O)cnn1-c1ccc(Cl)cc1C(F)(F)F. The van der Waals surface area contributed by atoms with Gasteiger partial charge in [0.25, 0.3) is 0 Å². The number of carbonyl (C=O) groups is 1. The Kier molecular flexibility index (Phi) is 3.61. The van der Waals surface area contributed by atoms with Crippen molar-refractivity contribution in [3.05, 3.63) is 46.2 Å². The molecule has 2 rings (SSSR count). The molecular weight excluding hydrogens is 311 g/mol. The van der Waals surface area contributed by atoms with E-state index >= 15 is 0 Å². The van der Waals surface area contributed by atoms with Gasteiger partial charge in [-0.05, 0) is 18.2 Å². The highest BCUT2D eigenvalue weighted by Crippen LogP contribution is 2.35. The van der Waals surface area contributed by atoms with E-state index in [1.54, 1.807) is 0 Å². The Labute approximate surface area is 120 Å². The quantitative estimate of drug-likeness (QED) is 0.923. The van der Waals surface area contributed by atoms with E-state index in [0.29, 0.717) is 10.7 Å². The zero-order chi connectivity index (χ0) is 15.8. The summed E-state index contributed by atoms with van der Waals surface area (Å²) in [6.07, 6.45) is -3.92. The van der Waals surface area contributed by atoms with Gasteiger partial charge in [0.1, 0.15) is 11.6 Å². The van der Waals surface area contributed by atoms with Crippen LogP contribution in [-0.2, 0) is 6.18 Å². The molecule has 0 radical (unpaired) electrons. The molecule has 2 aromatic rings. The summed E-state index contributed by atoms with van der Waals surface area (Å²) in [6.45, 7) is 0. The first kappa shape index (κ1) is 14.9. The van der Waals surface area contributed by atoms with Crippen molar-refractivity contribution in [2.24, 2.45) is 0 Å². The van der Waals surface area contributed by atoms with Crippen LogP contribution in [0.2, 0.25) is 5.02 Å². The summed E-state index contributed by atoms with van der Waals surface area (Å²) in [5, 5.41) is 21.3. The minimum absolute atomic E-state index is 0.143. The first-order valence-electron chi connectivity index (χ1n) is 5.34. The number of nitriles is 1. The molecule has 9 heteroatoms. The molecule has 1 heterocycles. The Bertz CT molecular complexity index is 762. The van der Waals surface area contributed by atoms with Crippen molar-refractivity contribution >= 4 is 17.6 Å². The van der Waals surface area contributed by atoms with Gasteiger partial charge in [-0.15, -0.1) is 0 Å². The summed E-state index contributed by atoms with van der Waals surface area (Å²) in [5.74, 6) is -1.46. The Morgan fingerprint density at radius 2 is 2.10 bits per heavy atom. The van der Waals surface area contributed by atoms with Crippen LogP contribution in [0.25, 0.3) is 5.69 Å². The first-order valence-corrected chi connectivity index (χ1v) is 5.72. The summed E-state index contributed by atoms with van der Waals surface area (Å²) in [4.78, 5) is 10.9. The Hall–Kier alpha value is -2.53. The summed E-state index contributed by atoms with van der Waals surface area (Å²) in [6, 6.07) is 4.43. The highest BCUT2D eigenvalue weighted by Gasteiger charge is 2.35. The predicted molar refractivity (Wildman–Crippen MR) is 65.3 cm³/mol. The predicted octanol–water partition coefficient (Wildman–Crippen LogP) is 3.11. The number of hydrogen-bond donors (Lipinski definition) is 1. The molecule has 0 unspecified atom stereocenters. The van der Waals surface area contributed by atoms with E-state index in [-0.39, 0.29) is 5.02 Å². The molecule has 0 aliphatic rings. The van der Waals surface area contributed by atoms with E-state index in [4.69, 9.17) is 22.0 Å². The molecule has 0 bridgehead atoms. The third-order valence-corrected chi connectivity index (χ3v) is 2.83. The smallest absolute Gasteiger partial charge is 0.418 e. The second kappa shape index (κ2) is 5.10. The number of hydrogen-bond acceptors (Lipinski definition) is 3. The van der Waals surface area contributed by atoms with Gasteiger partial charge < -0.3 is 5.11 Å². The molecule has 0 saturated carbocycles. The third kappa shape index (κ3) is 2.68. The molecule has 0 aliphatic carbocycles. The van der Waals surface area contributed by atoms with Crippen molar-refractivity contribution in [1.82, 2.24) is 9.78 Å². The molecule has 0 spiro atoms. The fraction of sp³-hybridized carbons (Fsp3) is 0.0833. The minimum atomic E-state index is -4.73. The van der Waals surface area contributed by atoms with Gasteiger partial charge in [0.2, 0.25) is 0 Å². The standard InChI is InChI=1S/C12H5ClF3N3O2/c13-6-1-2-9(8(3-6)12(14,15)16)19-10(4-17)7(5-18-19)11(20)21/h1-3,5H,(H,20,21). The van der Waals surface area contributed by atoms with Crippen molar-refractivity contribution in [2.45, 2.75) is 6.18 Å². The van der Waals surface area contributed by atoms with Gasteiger partial charge in [0.05, 0.1) is 17.4 Å². The van der Waals surface area contributed by atoms with Crippen LogP contribution in [0, 0.1) is 11.3 Å². The molecule has 21 heavy (non-hydrogen) atoms. The van der Waals surface area contributed by atoms with Crippen molar-refractivity contribution in [3.8, 4) is 11.8 Å². The van der Waals surface area contributed by atoms with Crippen molar-refractivity contribution in [1.29, 1.82) is 5.26 Å². The summed E-state index contributed by atoms with van der Waals surface area (Å²) in [5.41, 5.74) is -2.58. The van der Waals surface area contributed by atoms with Crippen LogP contribution in [0.3, 0.4) is 0 Å². The van der Waals surface area contributed by atoms with Gasteiger partial charge in [-0.2, -0.15) is 23.5 Å². The third-order valence-electron chi connectivity index (χ3n) is 2.60. The van der Waals surface area contributed by atoms with Crippen LogP contribution in [-0.4, -0.2) is 20.9 Å². The minimum Gasteiger partial charge on any atom is -0.478 e. The van der Waals surface area contributed by atoms with Crippen molar-refractivity contribution < 1.29 is 23.1 Å². The lowest BCUT2D eigenvalue weighted by Crippen LogP contribution is -2.13. The second-order valence-electron chi connectivity index (χ2n) is 3.89. The van der Waals surface area contributed by atoms with Gasteiger partial charge in [-0.25, -0.2) is 9.48 Å². The van der Waals surface area contributed by atoms with Crippen LogP contribution < -0.4 is 0 Å². The number of carboxylic acid groups (broad SMARTS) is 1. The van der Waals surface area contributed by atoms with E-state index in [9.17, 15) is 18.0 Å². The molecule has 5 nitrogen and oxygen atoms in total. The van der Waals surface area contributed by atoms with E-state index in [2.05, 4.69) is 5.10 Å². The number of halogens is 4. The summed E-state index contributed by atoms with van der Waals surface area (Å²) >= 11 is 5.55. The van der Waals surface area contributed by atoms with E-state index < -0.39 is 34.7 Å². The van der Waals surface area contributed by atoms with Crippen LogP contribution in [0.1, 0.15) is 21.6 Å². The zero-order valence-corrected chi connectivity index (χ0v) is 10.8. The highest BCUT2D eigenvalue weighted by molar-refractivity contribution is 6.30. The number of alkyl halides is 3. The molecule has 0 amide bonds. The number of aromatic nitrogens is 2. The van der Waals surface area contributed by atoms with Gasteiger partial charge in [-0.3, -0.25) is 0 Å². The maximum atomic E-state index is 13.0. The van der Waals surface area contributed by atoms with Crippen molar-refractivity contribution in [3.63, 3.8) is 0 Å². The number of aromatic carboxylic acids is 1. The fourth-order valence-corrected chi connectivity index (χ4v) is 1.89. The number of carboxylic acids is 1. The topological polar surface area (TPSA) is 78.9 Å². The monoisotopic (exact) mass is 315 g/mol. The Morgan fingerprint density at radius 1 is 1.43 bits per heavy atom. The van der Waals surface area contributed by atoms with Crippen molar-refractivity contribution in [2.75, 3.05) is 0 Å². The largest absolute Gasteiger partial charge is 0.478 e. The van der Waals surface area contributed by atoms with Gasteiger partial charge >= 0.3 is 12.1 Å². The maximum absolute atomic E-state index is 13.0. The van der Waals surface area contributed by atoms with E-state index in [0.717, 1.165) is 12.3 Å². The van der Waals surface area contributed by atoms with Gasteiger partial charge in [-0.1, -0.05) is 11.6 Å². The lowest BCUT2D eigenvalue weighted by atomic mass is 10.1. The molecule has 1 aromatic carbocycles. The maximum Gasteiger partial charge on any atom is 0.418 e. The molecule has 0 saturated heterocycles. The zero-order valence-electron chi connectivity index (χ0n) is 10.0. The lowest BCUT2D eigenvalue weighted by Gasteiger charge is -2.13. The van der Waals surface area contributed by atoms with Gasteiger partial charge in [0.15, 0.2) is 5.69 Å². The molecular formula is C12H5ClF3N3O2. The van der Waals surface area contributed by atoms with Crippen LogP contribution >= 0.6 is 11.6 Å². The molecule has 0 aliphatic heterocycles. The van der Waals surface area contributed by atoms with Crippen LogP contribution in [0.5, 0.6) is 0 Å². The second-order valence-corrected chi connectivity index (χ2v) is 4.33. The summed E-state index contributed by atoms with van der Waals surface area (Å²) < 4.78 is 39.7. The van der Waals surface area contributed by atoms with E-state index in [1.165, 1.54) is 12.1 Å². The van der Waals surface area contributed by atoms with Crippen LogP contribution in [0.15, 0.2) is 24.4 Å².